The molecule has 0 aromatic carbocycles. The number of hydrogen-bond donors (Lipinski definition) is 2. The van der Waals surface area contributed by atoms with Gasteiger partial charge < -0.3 is 15.5 Å². The third-order valence-electron chi connectivity index (χ3n) is 4.25. The highest BCUT2D eigenvalue weighted by atomic mass is 16.1. The molecule has 2 aliphatic heterocycles. The summed E-state index contributed by atoms with van der Waals surface area (Å²) in [6.07, 6.45) is 5.39. The van der Waals surface area contributed by atoms with Crippen LogP contribution in [-0.4, -0.2) is 49.6 Å². The van der Waals surface area contributed by atoms with Gasteiger partial charge in [0.1, 0.15) is 0 Å². The zero-order valence-electron chi connectivity index (χ0n) is 11.6. The Hall–Kier alpha value is -0.610. The van der Waals surface area contributed by atoms with Crippen LogP contribution in [0.2, 0.25) is 0 Å². The number of carbonyl (C=O) groups excluding carboxylic acids is 1. The van der Waals surface area contributed by atoms with Gasteiger partial charge in [-0.2, -0.15) is 0 Å². The van der Waals surface area contributed by atoms with Crippen molar-refractivity contribution in [3.8, 4) is 0 Å². The minimum atomic E-state index is 0.268. The van der Waals surface area contributed by atoms with E-state index in [-0.39, 0.29) is 5.91 Å². The second-order valence-electron chi connectivity index (χ2n) is 5.70. The van der Waals surface area contributed by atoms with Crippen LogP contribution in [0.4, 0.5) is 0 Å². The van der Waals surface area contributed by atoms with Gasteiger partial charge in [-0.3, -0.25) is 4.79 Å². The number of nitrogens with zero attached hydrogens (tertiary/aromatic N) is 1. The SMILES string of the molecule is CCN1CCCC(NC(=O)CC2CCNCC2)C1. The molecular weight excluding hydrogens is 226 g/mol. The normalized spacial score (nSPS) is 27.1. The summed E-state index contributed by atoms with van der Waals surface area (Å²) < 4.78 is 0. The molecule has 2 saturated heterocycles. The summed E-state index contributed by atoms with van der Waals surface area (Å²) in [6.45, 7) is 7.67. The van der Waals surface area contributed by atoms with Crippen LogP contribution < -0.4 is 10.6 Å². The molecule has 1 unspecified atom stereocenters. The number of carbonyl (C=O) groups is 1. The highest BCUT2D eigenvalue weighted by molar-refractivity contribution is 5.76. The monoisotopic (exact) mass is 253 g/mol. The predicted octanol–water partition coefficient (Wildman–Crippen LogP) is 0.977. The summed E-state index contributed by atoms with van der Waals surface area (Å²) in [5, 5.41) is 6.57. The van der Waals surface area contributed by atoms with Crippen molar-refractivity contribution in [3.05, 3.63) is 0 Å². The smallest absolute Gasteiger partial charge is 0.220 e. The molecule has 0 aliphatic carbocycles. The van der Waals surface area contributed by atoms with Crippen molar-refractivity contribution in [2.75, 3.05) is 32.7 Å². The maximum Gasteiger partial charge on any atom is 0.220 e. The van der Waals surface area contributed by atoms with Gasteiger partial charge in [0.25, 0.3) is 0 Å². The molecule has 4 nitrogen and oxygen atoms in total. The predicted molar refractivity (Wildman–Crippen MR) is 73.5 cm³/mol. The van der Waals surface area contributed by atoms with Crippen molar-refractivity contribution < 1.29 is 4.79 Å². The van der Waals surface area contributed by atoms with E-state index in [1.807, 2.05) is 0 Å². The van der Waals surface area contributed by atoms with Gasteiger partial charge in [-0.05, 0) is 57.8 Å². The molecule has 18 heavy (non-hydrogen) atoms. The van der Waals surface area contributed by atoms with E-state index in [9.17, 15) is 4.79 Å². The van der Waals surface area contributed by atoms with Crippen molar-refractivity contribution in [2.45, 2.75) is 45.1 Å². The Morgan fingerprint density at radius 2 is 2.11 bits per heavy atom. The fraction of sp³-hybridized carbons (Fsp3) is 0.929. The number of hydrogen-bond acceptors (Lipinski definition) is 3. The first-order valence-corrected chi connectivity index (χ1v) is 7.50. The third kappa shape index (κ3) is 4.25. The van der Waals surface area contributed by atoms with Gasteiger partial charge in [0.2, 0.25) is 5.91 Å². The van der Waals surface area contributed by atoms with Gasteiger partial charge in [0.05, 0.1) is 0 Å². The number of rotatable bonds is 4. The fourth-order valence-electron chi connectivity index (χ4n) is 3.10. The zero-order chi connectivity index (χ0) is 12.8. The first-order chi connectivity index (χ1) is 8.78. The fourth-order valence-corrected chi connectivity index (χ4v) is 3.10. The van der Waals surface area contributed by atoms with Gasteiger partial charge in [0, 0.05) is 19.0 Å². The summed E-state index contributed by atoms with van der Waals surface area (Å²) >= 11 is 0. The molecule has 0 spiro atoms. The van der Waals surface area contributed by atoms with E-state index >= 15 is 0 Å². The number of amides is 1. The summed E-state index contributed by atoms with van der Waals surface area (Å²) in [6, 6.07) is 0.382. The largest absolute Gasteiger partial charge is 0.352 e. The molecule has 0 saturated carbocycles. The second kappa shape index (κ2) is 7.10. The first kappa shape index (κ1) is 13.8. The van der Waals surface area contributed by atoms with Crippen LogP contribution in [0.25, 0.3) is 0 Å². The van der Waals surface area contributed by atoms with E-state index in [1.165, 1.54) is 13.0 Å². The molecular formula is C14H27N3O. The Bertz CT molecular complexity index is 264. The summed E-state index contributed by atoms with van der Waals surface area (Å²) in [7, 11) is 0. The summed E-state index contributed by atoms with van der Waals surface area (Å²) in [4.78, 5) is 14.5. The van der Waals surface area contributed by atoms with Crippen molar-refractivity contribution in [1.82, 2.24) is 15.5 Å². The van der Waals surface area contributed by atoms with Crippen LogP contribution >= 0.6 is 0 Å². The van der Waals surface area contributed by atoms with Crippen LogP contribution in [0.3, 0.4) is 0 Å². The highest BCUT2D eigenvalue weighted by Crippen LogP contribution is 2.16. The number of nitrogens with one attached hydrogen (secondary N) is 2. The van der Waals surface area contributed by atoms with Crippen molar-refractivity contribution in [2.24, 2.45) is 5.92 Å². The molecule has 2 heterocycles. The molecule has 2 rings (SSSR count). The Morgan fingerprint density at radius 3 is 2.83 bits per heavy atom. The van der Waals surface area contributed by atoms with Gasteiger partial charge in [-0.1, -0.05) is 6.92 Å². The lowest BCUT2D eigenvalue weighted by Gasteiger charge is -2.32. The third-order valence-corrected chi connectivity index (χ3v) is 4.25. The molecule has 4 heteroatoms. The standard InChI is InChI=1S/C14H27N3O/c1-2-17-9-3-4-13(11-17)16-14(18)10-12-5-7-15-8-6-12/h12-13,15H,2-11H2,1H3,(H,16,18). The van der Waals surface area contributed by atoms with Crippen LogP contribution in [0.15, 0.2) is 0 Å². The van der Waals surface area contributed by atoms with Crippen LogP contribution in [-0.2, 0) is 4.79 Å². The molecule has 2 N–H and O–H groups in total. The highest BCUT2D eigenvalue weighted by Gasteiger charge is 2.22. The van der Waals surface area contributed by atoms with Crippen LogP contribution in [0.5, 0.6) is 0 Å². The van der Waals surface area contributed by atoms with E-state index in [0.29, 0.717) is 12.0 Å². The van der Waals surface area contributed by atoms with E-state index < -0.39 is 0 Å². The van der Waals surface area contributed by atoms with Crippen molar-refractivity contribution in [3.63, 3.8) is 0 Å². The van der Waals surface area contributed by atoms with E-state index in [4.69, 9.17) is 0 Å². The van der Waals surface area contributed by atoms with Crippen molar-refractivity contribution in [1.29, 1.82) is 0 Å². The molecule has 1 atom stereocenters. The van der Waals surface area contributed by atoms with Gasteiger partial charge in [-0.25, -0.2) is 0 Å². The number of likely N-dealkylation sites (N-methyl/N-ethyl adjacent to an activating group) is 1. The molecule has 2 fully saturated rings. The summed E-state index contributed by atoms with van der Waals surface area (Å²) in [5.41, 5.74) is 0. The Balaban J connectivity index is 1.69. The molecule has 0 aromatic rings. The Kier molecular flexibility index (Phi) is 5.45. The molecule has 0 radical (unpaired) electrons. The Morgan fingerprint density at radius 1 is 1.33 bits per heavy atom. The quantitative estimate of drug-likeness (QED) is 0.785. The first-order valence-electron chi connectivity index (χ1n) is 7.50. The van der Waals surface area contributed by atoms with E-state index in [2.05, 4.69) is 22.5 Å². The van der Waals surface area contributed by atoms with Crippen LogP contribution in [0, 0.1) is 5.92 Å². The molecule has 0 bridgehead atoms. The lowest BCUT2D eigenvalue weighted by molar-refractivity contribution is -0.123. The number of likely N-dealkylation sites (tertiary alicyclic amines) is 1. The van der Waals surface area contributed by atoms with Gasteiger partial charge in [0.15, 0.2) is 0 Å². The van der Waals surface area contributed by atoms with Gasteiger partial charge >= 0.3 is 0 Å². The molecule has 2 aliphatic rings. The van der Waals surface area contributed by atoms with Crippen molar-refractivity contribution >= 4 is 5.91 Å². The minimum absolute atomic E-state index is 0.268. The molecule has 0 aromatic heterocycles. The second-order valence-corrected chi connectivity index (χ2v) is 5.70. The van der Waals surface area contributed by atoms with E-state index in [1.54, 1.807) is 0 Å². The summed E-state index contributed by atoms with van der Waals surface area (Å²) in [5.74, 6) is 0.863. The van der Waals surface area contributed by atoms with Gasteiger partial charge in [-0.15, -0.1) is 0 Å². The lowest BCUT2D eigenvalue weighted by Crippen LogP contribution is -2.48. The molecule has 1 amide bonds. The number of piperidine rings is 2. The average molecular weight is 253 g/mol. The maximum atomic E-state index is 12.0. The zero-order valence-corrected chi connectivity index (χ0v) is 11.6. The molecule has 104 valence electrons. The average Bonchev–Trinajstić information content (AvgIpc) is 2.40. The van der Waals surface area contributed by atoms with E-state index in [0.717, 1.165) is 51.9 Å². The van der Waals surface area contributed by atoms with Crippen LogP contribution in [0.1, 0.15) is 39.0 Å². The topological polar surface area (TPSA) is 44.4 Å². The lowest BCUT2D eigenvalue weighted by atomic mass is 9.94. The Labute approximate surface area is 110 Å². The minimum Gasteiger partial charge on any atom is -0.352 e. The maximum absolute atomic E-state index is 12.0.